The third-order valence-electron chi connectivity index (χ3n) is 3.21. The lowest BCUT2D eigenvalue weighted by molar-refractivity contribution is 0.388. The Kier molecular flexibility index (Phi) is 5.25. The largest absolute Gasteiger partial charge is 0.497 e. The van der Waals surface area contributed by atoms with Crippen molar-refractivity contribution in [3.63, 3.8) is 0 Å². The molecule has 4 heteroatoms. The Morgan fingerprint density at radius 2 is 1.75 bits per heavy atom. The van der Waals surface area contributed by atoms with E-state index in [1.54, 1.807) is 14.2 Å². The first-order chi connectivity index (χ1) is 9.63. The summed E-state index contributed by atoms with van der Waals surface area (Å²) in [6, 6.07) is 14.0. The zero-order chi connectivity index (χ0) is 14.5. The van der Waals surface area contributed by atoms with E-state index in [9.17, 15) is 0 Å². The zero-order valence-electron chi connectivity index (χ0n) is 11.6. The van der Waals surface area contributed by atoms with Crippen molar-refractivity contribution in [2.45, 2.75) is 12.5 Å². The van der Waals surface area contributed by atoms with Crippen LogP contribution < -0.4 is 15.2 Å². The van der Waals surface area contributed by atoms with Crippen LogP contribution in [0.15, 0.2) is 42.5 Å². The second-order valence-corrected chi connectivity index (χ2v) is 5.79. The van der Waals surface area contributed by atoms with Crippen molar-refractivity contribution in [3.05, 3.63) is 57.2 Å². The SMILES string of the molecule is COc1ccc(C(N)Cc2ccc(I)cc2)c(OC)c1. The Hall–Kier alpha value is -1.27. The molecule has 0 amide bonds. The highest BCUT2D eigenvalue weighted by atomic mass is 127. The monoisotopic (exact) mass is 383 g/mol. The van der Waals surface area contributed by atoms with Gasteiger partial charge in [-0.05, 0) is 52.8 Å². The van der Waals surface area contributed by atoms with Crippen molar-refractivity contribution in [1.29, 1.82) is 0 Å². The molecule has 0 saturated heterocycles. The third-order valence-corrected chi connectivity index (χ3v) is 3.93. The Morgan fingerprint density at radius 3 is 2.35 bits per heavy atom. The van der Waals surface area contributed by atoms with E-state index in [0.29, 0.717) is 0 Å². The summed E-state index contributed by atoms with van der Waals surface area (Å²) in [5, 5.41) is 0. The second-order valence-electron chi connectivity index (χ2n) is 4.54. The maximum atomic E-state index is 6.31. The van der Waals surface area contributed by atoms with Crippen LogP contribution in [0.2, 0.25) is 0 Å². The summed E-state index contributed by atoms with van der Waals surface area (Å²) in [5.41, 5.74) is 8.52. The Labute approximate surface area is 133 Å². The Bertz CT molecular complexity index is 569. The summed E-state index contributed by atoms with van der Waals surface area (Å²) >= 11 is 2.30. The van der Waals surface area contributed by atoms with E-state index in [1.165, 1.54) is 9.13 Å². The number of ether oxygens (including phenoxy) is 2. The molecule has 0 fully saturated rings. The topological polar surface area (TPSA) is 44.5 Å². The fourth-order valence-corrected chi connectivity index (χ4v) is 2.47. The fourth-order valence-electron chi connectivity index (χ4n) is 2.11. The third kappa shape index (κ3) is 3.64. The summed E-state index contributed by atoms with van der Waals surface area (Å²) in [5.74, 6) is 1.54. The van der Waals surface area contributed by atoms with Gasteiger partial charge >= 0.3 is 0 Å². The van der Waals surface area contributed by atoms with Crippen LogP contribution in [0.1, 0.15) is 17.2 Å². The number of hydrogen-bond acceptors (Lipinski definition) is 3. The van der Waals surface area contributed by atoms with Gasteiger partial charge in [0.1, 0.15) is 11.5 Å². The molecule has 0 aliphatic rings. The number of nitrogens with two attached hydrogens (primary N) is 1. The molecule has 1 unspecified atom stereocenters. The van der Waals surface area contributed by atoms with Gasteiger partial charge in [-0.1, -0.05) is 18.2 Å². The van der Waals surface area contributed by atoms with E-state index >= 15 is 0 Å². The lowest BCUT2D eigenvalue weighted by atomic mass is 9.99. The van der Waals surface area contributed by atoms with Crippen molar-refractivity contribution in [2.75, 3.05) is 14.2 Å². The molecule has 2 N–H and O–H groups in total. The maximum absolute atomic E-state index is 6.31. The van der Waals surface area contributed by atoms with Crippen LogP contribution >= 0.6 is 22.6 Å². The van der Waals surface area contributed by atoms with Crippen molar-refractivity contribution in [1.82, 2.24) is 0 Å². The maximum Gasteiger partial charge on any atom is 0.127 e. The second kappa shape index (κ2) is 6.95. The molecular weight excluding hydrogens is 365 g/mol. The molecule has 0 aliphatic heterocycles. The van der Waals surface area contributed by atoms with Crippen molar-refractivity contribution in [3.8, 4) is 11.5 Å². The lowest BCUT2D eigenvalue weighted by Gasteiger charge is -2.16. The minimum absolute atomic E-state index is 0.101. The minimum atomic E-state index is -0.101. The van der Waals surface area contributed by atoms with Crippen LogP contribution in [-0.2, 0) is 6.42 Å². The van der Waals surface area contributed by atoms with Gasteiger partial charge in [-0.25, -0.2) is 0 Å². The van der Waals surface area contributed by atoms with E-state index in [2.05, 4.69) is 46.9 Å². The van der Waals surface area contributed by atoms with Crippen molar-refractivity contribution >= 4 is 22.6 Å². The standard InChI is InChI=1S/C16H18INO2/c1-19-13-7-8-14(16(10-13)20-2)15(18)9-11-3-5-12(17)6-4-11/h3-8,10,15H,9,18H2,1-2H3. The highest BCUT2D eigenvalue weighted by molar-refractivity contribution is 14.1. The van der Waals surface area contributed by atoms with Gasteiger partial charge in [0, 0.05) is 21.2 Å². The molecule has 0 aromatic heterocycles. The quantitative estimate of drug-likeness (QED) is 0.804. The Balaban J connectivity index is 2.20. The van der Waals surface area contributed by atoms with Crippen LogP contribution in [-0.4, -0.2) is 14.2 Å². The molecule has 2 aromatic rings. The lowest BCUT2D eigenvalue weighted by Crippen LogP contribution is -2.14. The highest BCUT2D eigenvalue weighted by Crippen LogP contribution is 2.30. The number of benzene rings is 2. The predicted octanol–water partition coefficient (Wildman–Crippen LogP) is 3.55. The average Bonchev–Trinajstić information content (AvgIpc) is 2.48. The van der Waals surface area contributed by atoms with Crippen LogP contribution in [0.3, 0.4) is 0 Å². The summed E-state index contributed by atoms with van der Waals surface area (Å²) in [6.07, 6.45) is 0.777. The number of hydrogen-bond donors (Lipinski definition) is 1. The van der Waals surface area contributed by atoms with Crippen molar-refractivity contribution in [2.24, 2.45) is 5.73 Å². The van der Waals surface area contributed by atoms with Gasteiger partial charge in [-0.15, -0.1) is 0 Å². The molecule has 0 radical (unpaired) electrons. The van der Waals surface area contributed by atoms with E-state index in [1.807, 2.05) is 18.2 Å². The normalized spacial score (nSPS) is 12.0. The molecule has 20 heavy (non-hydrogen) atoms. The molecule has 0 saturated carbocycles. The predicted molar refractivity (Wildman–Crippen MR) is 89.3 cm³/mol. The zero-order valence-corrected chi connectivity index (χ0v) is 13.8. The number of halogens is 1. The van der Waals surface area contributed by atoms with Crippen LogP contribution in [0.25, 0.3) is 0 Å². The van der Waals surface area contributed by atoms with Crippen LogP contribution in [0.4, 0.5) is 0 Å². The summed E-state index contributed by atoms with van der Waals surface area (Å²) < 4.78 is 11.8. The van der Waals surface area contributed by atoms with E-state index in [0.717, 1.165) is 23.5 Å². The van der Waals surface area contributed by atoms with Crippen LogP contribution in [0.5, 0.6) is 11.5 Å². The first-order valence-electron chi connectivity index (χ1n) is 6.36. The smallest absolute Gasteiger partial charge is 0.127 e. The van der Waals surface area contributed by atoms with Gasteiger partial charge in [0.15, 0.2) is 0 Å². The van der Waals surface area contributed by atoms with E-state index < -0.39 is 0 Å². The van der Waals surface area contributed by atoms with Gasteiger partial charge in [-0.3, -0.25) is 0 Å². The minimum Gasteiger partial charge on any atom is -0.497 e. The summed E-state index contributed by atoms with van der Waals surface area (Å²) in [7, 11) is 3.29. The molecule has 106 valence electrons. The molecule has 0 heterocycles. The van der Waals surface area contributed by atoms with Gasteiger partial charge < -0.3 is 15.2 Å². The highest BCUT2D eigenvalue weighted by Gasteiger charge is 2.13. The van der Waals surface area contributed by atoms with Gasteiger partial charge in [0.05, 0.1) is 14.2 Å². The molecule has 0 aliphatic carbocycles. The van der Waals surface area contributed by atoms with Gasteiger partial charge in [0.25, 0.3) is 0 Å². The Morgan fingerprint density at radius 1 is 1.05 bits per heavy atom. The first kappa shape index (κ1) is 15.1. The number of methoxy groups -OCH3 is 2. The first-order valence-corrected chi connectivity index (χ1v) is 7.44. The molecule has 2 aromatic carbocycles. The van der Waals surface area contributed by atoms with Crippen LogP contribution in [0, 0.1) is 3.57 Å². The average molecular weight is 383 g/mol. The van der Waals surface area contributed by atoms with Gasteiger partial charge in [0.2, 0.25) is 0 Å². The summed E-state index contributed by atoms with van der Waals surface area (Å²) in [4.78, 5) is 0. The van der Waals surface area contributed by atoms with E-state index in [4.69, 9.17) is 15.2 Å². The summed E-state index contributed by atoms with van der Waals surface area (Å²) in [6.45, 7) is 0. The fraction of sp³-hybridized carbons (Fsp3) is 0.250. The van der Waals surface area contributed by atoms with E-state index in [-0.39, 0.29) is 6.04 Å². The molecular formula is C16H18INO2. The molecule has 0 bridgehead atoms. The van der Waals surface area contributed by atoms with Gasteiger partial charge in [-0.2, -0.15) is 0 Å². The molecule has 0 spiro atoms. The molecule has 2 rings (SSSR count). The number of rotatable bonds is 5. The molecule has 3 nitrogen and oxygen atoms in total. The van der Waals surface area contributed by atoms with Crippen molar-refractivity contribution < 1.29 is 9.47 Å². The molecule has 1 atom stereocenters.